The zero-order valence-corrected chi connectivity index (χ0v) is 10.8. The number of aromatic nitrogens is 1. The Morgan fingerprint density at radius 2 is 2.25 bits per heavy atom. The monoisotopic (exact) mass is 271 g/mol. The smallest absolute Gasteiger partial charge is 0.289 e. The lowest BCUT2D eigenvalue weighted by Crippen LogP contribution is -2.18. The molecule has 0 unspecified atom stereocenters. The molecule has 1 aromatic carbocycles. The van der Waals surface area contributed by atoms with Crippen LogP contribution in [0, 0.1) is 0 Å². The first-order valence-electron chi connectivity index (χ1n) is 5.82. The van der Waals surface area contributed by atoms with Gasteiger partial charge in [-0.2, -0.15) is 5.10 Å². The van der Waals surface area contributed by atoms with Crippen LogP contribution in [-0.4, -0.2) is 29.3 Å². The molecule has 102 valence electrons. The second-order valence-corrected chi connectivity index (χ2v) is 3.85. The quantitative estimate of drug-likeness (QED) is 0.653. The highest BCUT2D eigenvalue weighted by Gasteiger charge is 2.04. The Hall–Kier alpha value is -2.89. The van der Waals surface area contributed by atoms with Crippen molar-refractivity contribution >= 4 is 12.1 Å². The molecule has 6 heteroatoms. The van der Waals surface area contributed by atoms with Gasteiger partial charge in [0.25, 0.3) is 5.91 Å². The Labute approximate surface area is 115 Å². The summed E-state index contributed by atoms with van der Waals surface area (Å²) in [7, 11) is 1.47. The first kappa shape index (κ1) is 13.5. The summed E-state index contributed by atoms with van der Waals surface area (Å²) in [5.74, 6) is -0.0215. The standard InChI is InChI=1S/C14H13N3O3/c1-20-13-6-5-10(8-12(13)18)9-16-17-14(19)11-4-2-3-7-15-11/h2-9,18H,1H3,(H,17,19). The van der Waals surface area contributed by atoms with Crippen LogP contribution in [0.25, 0.3) is 0 Å². The van der Waals surface area contributed by atoms with Gasteiger partial charge >= 0.3 is 0 Å². The number of rotatable bonds is 4. The lowest BCUT2D eigenvalue weighted by molar-refractivity contribution is 0.0950. The van der Waals surface area contributed by atoms with Crippen LogP contribution in [0.3, 0.4) is 0 Å². The van der Waals surface area contributed by atoms with E-state index in [1.165, 1.54) is 25.6 Å². The molecular weight excluding hydrogens is 258 g/mol. The lowest BCUT2D eigenvalue weighted by Gasteiger charge is -2.03. The molecule has 0 spiro atoms. The van der Waals surface area contributed by atoms with Gasteiger partial charge in [-0.25, -0.2) is 5.43 Å². The summed E-state index contributed by atoms with van der Waals surface area (Å²) in [5.41, 5.74) is 3.26. The Balaban J connectivity index is 2.00. The number of hydrogen-bond donors (Lipinski definition) is 2. The van der Waals surface area contributed by atoms with Gasteiger partial charge in [-0.05, 0) is 35.9 Å². The third-order valence-electron chi connectivity index (χ3n) is 2.48. The van der Waals surface area contributed by atoms with Gasteiger partial charge in [0, 0.05) is 6.20 Å². The number of nitrogens with zero attached hydrogens (tertiary/aromatic N) is 2. The summed E-state index contributed by atoms with van der Waals surface area (Å²) < 4.78 is 4.93. The first-order chi connectivity index (χ1) is 9.70. The number of nitrogens with one attached hydrogen (secondary N) is 1. The van der Waals surface area contributed by atoms with Crippen molar-refractivity contribution in [1.29, 1.82) is 0 Å². The molecule has 0 saturated carbocycles. The molecule has 1 amide bonds. The van der Waals surface area contributed by atoms with Gasteiger partial charge in [-0.1, -0.05) is 6.07 Å². The van der Waals surface area contributed by atoms with Crippen molar-refractivity contribution in [2.75, 3.05) is 7.11 Å². The molecule has 0 radical (unpaired) electrons. The van der Waals surface area contributed by atoms with E-state index in [9.17, 15) is 9.90 Å². The second-order valence-electron chi connectivity index (χ2n) is 3.85. The molecule has 0 saturated heterocycles. The Morgan fingerprint density at radius 1 is 1.40 bits per heavy atom. The maximum atomic E-state index is 11.6. The van der Waals surface area contributed by atoms with Crippen molar-refractivity contribution in [3.05, 3.63) is 53.9 Å². The molecule has 2 N–H and O–H groups in total. The van der Waals surface area contributed by atoms with Crippen LogP contribution in [0.1, 0.15) is 16.1 Å². The number of carbonyl (C=O) groups excluding carboxylic acids is 1. The summed E-state index contributed by atoms with van der Waals surface area (Å²) in [5, 5.41) is 13.4. The summed E-state index contributed by atoms with van der Waals surface area (Å²) in [6.07, 6.45) is 2.94. The highest BCUT2D eigenvalue weighted by atomic mass is 16.5. The lowest BCUT2D eigenvalue weighted by atomic mass is 10.2. The zero-order valence-electron chi connectivity index (χ0n) is 10.8. The van der Waals surface area contributed by atoms with E-state index < -0.39 is 5.91 Å². The van der Waals surface area contributed by atoms with Crippen LogP contribution in [-0.2, 0) is 0 Å². The van der Waals surface area contributed by atoms with Crippen molar-refractivity contribution in [3.63, 3.8) is 0 Å². The van der Waals surface area contributed by atoms with Gasteiger partial charge in [0.05, 0.1) is 13.3 Å². The highest BCUT2D eigenvalue weighted by Crippen LogP contribution is 2.25. The zero-order chi connectivity index (χ0) is 14.4. The molecule has 0 aliphatic rings. The van der Waals surface area contributed by atoms with Gasteiger partial charge in [-0.15, -0.1) is 0 Å². The number of ether oxygens (including phenoxy) is 1. The summed E-state index contributed by atoms with van der Waals surface area (Å²) in [6.45, 7) is 0. The van der Waals surface area contributed by atoms with E-state index in [0.717, 1.165) is 0 Å². The number of phenolic OH excluding ortho intramolecular Hbond substituents is 1. The Morgan fingerprint density at radius 3 is 2.90 bits per heavy atom. The molecule has 0 atom stereocenters. The van der Waals surface area contributed by atoms with Crippen molar-refractivity contribution in [2.45, 2.75) is 0 Å². The van der Waals surface area contributed by atoms with Crippen LogP contribution in [0.15, 0.2) is 47.7 Å². The predicted octanol–water partition coefficient (Wildman–Crippen LogP) is 1.56. The van der Waals surface area contributed by atoms with E-state index >= 15 is 0 Å². The number of pyridine rings is 1. The van der Waals surface area contributed by atoms with Crippen LogP contribution in [0.5, 0.6) is 11.5 Å². The number of benzene rings is 1. The predicted molar refractivity (Wildman–Crippen MR) is 74.0 cm³/mol. The van der Waals surface area contributed by atoms with Gasteiger partial charge in [-0.3, -0.25) is 9.78 Å². The topological polar surface area (TPSA) is 83.8 Å². The molecule has 6 nitrogen and oxygen atoms in total. The number of hydrogen-bond acceptors (Lipinski definition) is 5. The van der Waals surface area contributed by atoms with Crippen LogP contribution >= 0.6 is 0 Å². The maximum absolute atomic E-state index is 11.6. The maximum Gasteiger partial charge on any atom is 0.289 e. The fraction of sp³-hybridized carbons (Fsp3) is 0.0714. The average Bonchev–Trinajstić information content (AvgIpc) is 2.48. The van der Waals surface area contributed by atoms with Crippen molar-refractivity contribution in [3.8, 4) is 11.5 Å². The van der Waals surface area contributed by atoms with Gasteiger partial charge in [0.2, 0.25) is 0 Å². The first-order valence-corrected chi connectivity index (χ1v) is 5.82. The van der Waals surface area contributed by atoms with Crippen LogP contribution in [0.2, 0.25) is 0 Å². The second kappa shape index (κ2) is 6.33. The van der Waals surface area contributed by atoms with Crippen LogP contribution in [0.4, 0.5) is 0 Å². The summed E-state index contributed by atoms with van der Waals surface area (Å²) in [4.78, 5) is 15.5. The van der Waals surface area contributed by atoms with E-state index in [1.54, 1.807) is 30.3 Å². The number of amides is 1. The molecule has 2 aromatic rings. The average molecular weight is 271 g/mol. The SMILES string of the molecule is COc1ccc(C=NNC(=O)c2ccccn2)cc1O. The fourth-order valence-electron chi connectivity index (χ4n) is 1.51. The normalized spacial score (nSPS) is 10.4. The Kier molecular flexibility index (Phi) is 4.28. The molecule has 1 heterocycles. The molecule has 0 bridgehead atoms. The van der Waals surface area contributed by atoms with E-state index in [1.807, 2.05) is 0 Å². The third kappa shape index (κ3) is 3.32. The minimum absolute atomic E-state index is 0.00695. The van der Waals surface area contributed by atoms with Crippen molar-refractivity contribution < 1.29 is 14.6 Å². The number of carbonyl (C=O) groups is 1. The number of methoxy groups -OCH3 is 1. The summed E-state index contributed by atoms with van der Waals surface area (Å²) >= 11 is 0. The van der Waals surface area contributed by atoms with E-state index in [-0.39, 0.29) is 11.4 Å². The number of phenols is 1. The molecular formula is C14H13N3O3. The minimum atomic E-state index is -0.403. The minimum Gasteiger partial charge on any atom is -0.504 e. The summed E-state index contributed by atoms with van der Waals surface area (Å²) in [6, 6.07) is 9.82. The van der Waals surface area contributed by atoms with Gasteiger partial charge < -0.3 is 9.84 Å². The molecule has 1 aromatic heterocycles. The molecule has 0 aliphatic carbocycles. The van der Waals surface area contributed by atoms with Crippen LogP contribution < -0.4 is 10.2 Å². The number of hydrazone groups is 1. The van der Waals surface area contributed by atoms with E-state index in [4.69, 9.17) is 4.74 Å². The fourth-order valence-corrected chi connectivity index (χ4v) is 1.51. The molecule has 0 fully saturated rings. The van der Waals surface area contributed by atoms with Crippen molar-refractivity contribution in [1.82, 2.24) is 10.4 Å². The number of aromatic hydroxyl groups is 1. The van der Waals surface area contributed by atoms with E-state index in [0.29, 0.717) is 11.3 Å². The molecule has 20 heavy (non-hydrogen) atoms. The van der Waals surface area contributed by atoms with Gasteiger partial charge in [0.15, 0.2) is 11.5 Å². The molecule has 0 aliphatic heterocycles. The van der Waals surface area contributed by atoms with Gasteiger partial charge in [0.1, 0.15) is 5.69 Å². The highest BCUT2D eigenvalue weighted by molar-refractivity contribution is 5.93. The van der Waals surface area contributed by atoms with Crippen molar-refractivity contribution in [2.24, 2.45) is 5.10 Å². The molecule has 2 rings (SSSR count). The van der Waals surface area contributed by atoms with E-state index in [2.05, 4.69) is 15.5 Å². The third-order valence-corrected chi connectivity index (χ3v) is 2.48. The largest absolute Gasteiger partial charge is 0.504 e. The Bertz CT molecular complexity index is 627.